The molecule has 0 unspecified atom stereocenters. The number of thiazole rings is 1. The van der Waals surface area contributed by atoms with Gasteiger partial charge in [-0.15, -0.1) is 6.42 Å². The van der Waals surface area contributed by atoms with Crippen LogP contribution in [0.15, 0.2) is 52.4 Å². The van der Waals surface area contributed by atoms with E-state index < -0.39 is 10.0 Å². The highest BCUT2D eigenvalue weighted by atomic mass is 32.2. The smallest absolute Gasteiger partial charge is 0.252 e. The van der Waals surface area contributed by atoms with E-state index in [4.69, 9.17) is 11.6 Å². The summed E-state index contributed by atoms with van der Waals surface area (Å²) in [7, 11) is -3.82. The summed E-state index contributed by atoms with van der Waals surface area (Å²) in [6, 6.07) is 12.2. The Morgan fingerprint density at radius 1 is 1.30 bits per heavy atom. The van der Waals surface area contributed by atoms with Gasteiger partial charge in [-0.25, -0.2) is 13.6 Å². The second-order valence-corrected chi connectivity index (χ2v) is 8.59. The molecule has 6 nitrogen and oxygen atoms in total. The molecule has 2 N–H and O–H groups in total. The largest absolute Gasteiger partial charge is 0.305 e. The molecular formula is C19H17N3O3S2. The highest BCUT2D eigenvalue weighted by Gasteiger charge is 2.13. The number of hydrogen-bond acceptors (Lipinski definition) is 4. The maximum absolute atomic E-state index is 12.4. The highest BCUT2D eigenvalue weighted by Crippen LogP contribution is 2.21. The molecule has 0 saturated heterocycles. The molecule has 1 heterocycles. The number of carbonyl (C=O) groups is 1. The van der Waals surface area contributed by atoms with E-state index in [0.717, 1.165) is 11.1 Å². The number of aryl methyl sites for hydroxylation is 1. The van der Waals surface area contributed by atoms with Crippen molar-refractivity contribution in [2.24, 2.45) is 10.1 Å². The number of carbonyl (C=O) groups excluding carboxylic acids is 1. The van der Waals surface area contributed by atoms with E-state index in [9.17, 15) is 13.2 Å². The van der Waals surface area contributed by atoms with Gasteiger partial charge in [0.15, 0.2) is 4.80 Å². The third kappa shape index (κ3) is 4.34. The van der Waals surface area contributed by atoms with Gasteiger partial charge in [0.05, 0.1) is 28.1 Å². The Morgan fingerprint density at radius 3 is 2.74 bits per heavy atom. The fourth-order valence-corrected chi connectivity index (χ4v) is 4.40. The number of benzene rings is 2. The van der Waals surface area contributed by atoms with Crippen molar-refractivity contribution in [1.82, 2.24) is 4.57 Å². The van der Waals surface area contributed by atoms with E-state index in [1.807, 2.05) is 31.2 Å². The van der Waals surface area contributed by atoms with Gasteiger partial charge in [0.25, 0.3) is 5.91 Å². The lowest BCUT2D eigenvalue weighted by Gasteiger charge is -2.02. The van der Waals surface area contributed by atoms with Crippen LogP contribution in [0.2, 0.25) is 0 Å². The van der Waals surface area contributed by atoms with Gasteiger partial charge >= 0.3 is 0 Å². The number of terminal acetylenes is 1. The lowest BCUT2D eigenvalue weighted by Crippen LogP contribution is -2.17. The van der Waals surface area contributed by atoms with Crippen LogP contribution in [-0.4, -0.2) is 18.9 Å². The van der Waals surface area contributed by atoms with Gasteiger partial charge in [-0.3, -0.25) is 4.79 Å². The third-order valence-electron chi connectivity index (χ3n) is 3.89. The summed E-state index contributed by atoms with van der Waals surface area (Å²) in [4.78, 5) is 17.0. The molecule has 0 saturated carbocycles. The van der Waals surface area contributed by atoms with Crippen LogP contribution in [0.5, 0.6) is 0 Å². The molecule has 0 spiro atoms. The summed E-state index contributed by atoms with van der Waals surface area (Å²) >= 11 is 1.20. The molecule has 1 amide bonds. The molecule has 0 atom stereocenters. The van der Waals surface area contributed by atoms with Crippen molar-refractivity contribution in [1.29, 1.82) is 0 Å². The van der Waals surface area contributed by atoms with Crippen molar-refractivity contribution in [3.63, 3.8) is 0 Å². The molecule has 1 aromatic heterocycles. The molecule has 138 valence electrons. The van der Waals surface area contributed by atoms with Gasteiger partial charge in [0.2, 0.25) is 10.0 Å². The minimum Gasteiger partial charge on any atom is -0.305 e. The van der Waals surface area contributed by atoms with E-state index >= 15 is 0 Å². The minimum absolute atomic E-state index is 0.00162. The van der Waals surface area contributed by atoms with Crippen molar-refractivity contribution < 1.29 is 13.2 Å². The van der Waals surface area contributed by atoms with Crippen LogP contribution in [0.4, 0.5) is 0 Å². The first kappa shape index (κ1) is 19.0. The fraction of sp³-hybridized carbons (Fsp3) is 0.158. The van der Waals surface area contributed by atoms with Gasteiger partial charge < -0.3 is 4.57 Å². The predicted octanol–water partition coefficient (Wildman–Crippen LogP) is 1.96. The molecule has 0 aliphatic carbocycles. The SMILES string of the molecule is C#CCn1c(=NC(=O)Cc2cccc(C)c2)sc2cc(S(N)(=O)=O)ccc21. The first-order valence-electron chi connectivity index (χ1n) is 8.00. The molecule has 3 aromatic rings. The van der Waals surface area contributed by atoms with Gasteiger partial charge in [-0.05, 0) is 30.7 Å². The highest BCUT2D eigenvalue weighted by molar-refractivity contribution is 7.89. The number of sulfonamides is 1. The number of rotatable bonds is 4. The van der Waals surface area contributed by atoms with Crippen molar-refractivity contribution in [3.8, 4) is 12.3 Å². The quantitative estimate of drug-likeness (QED) is 0.680. The second-order valence-electron chi connectivity index (χ2n) is 6.02. The van der Waals surface area contributed by atoms with E-state index in [-0.39, 0.29) is 23.8 Å². The molecule has 0 radical (unpaired) electrons. The monoisotopic (exact) mass is 399 g/mol. The van der Waals surface area contributed by atoms with Crippen molar-refractivity contribution in [3.05, 3.63) is 58.4 Å². The molecule has 8 heteroatoms. The summed E-state index contributed by atoms with van der Waals surface area (Å²) in [6.45, 7) is 2.17. The summed E-state index contributed by atoms with van der Waals surface area (Å²) in [6.07, 6.45) is 5.62. The van der Waals surface area contributed by atoms with Gasteiger partial charge in [-0.2, -0.15) is 4.99 Å². The Morgan fingerprint density at radius 2 is 2.07 bits per heavy atom. The zero-order valence-corrected chi connectivity index (χ0v) is 16.2. The molecule has 3 rings (SSSR count). The third-order valence-corrected chi connectivity index (χ3v) is 5.84. The summed E-state index contributed by atoms with van der Waals surface area (Å²) in [5.74, 6) is 2.23. The number of nitrogens with zero attached hydrogens (tertiary/aromatic N) is 2. The van der Waals surface area contributed by atoms with Crippen LogP contribution in [0.25, 0.3) is 10.2 Å². The Labute approximate surface area is 161 Å². The lowest BCUT2D eigenvalue weighted by atomic mass is 10.1. The first-order valence-corrected chi connectivity index (χ1v) is 10.4. The number of primary sulfonamides is 1. The molecule has 0 fully saturated rings. The maximum Gasteiger partial charge on any atom is 0.252 e. The normalized spacial score (nSPS) is 12.3. The van der Waals surface area contributed by atoms with Crippen LogP contribution in [0.3, 0.4) is 0 Å². The first-order chi connectivity index (χ1) is 12.8. The van der Waals surface area contributed by atoms with Crippen molar-refractivity contribution in [2.75, 3.05) is 0 Å². The standard InChI is InChI=1S/C19H17N3O3S2/c1-3-9-22-16-8-7-15(27(20,24)25)12-17(16)26-19(22)21-18(23)11-14-6-4-5-13(2)10-14/h1,4-8,10,12H,9,11H2,2H3,(H2,20,24,25). The summed E-state index contributed by atoms with van der Waals surface area (Å²) in [5, 5.41) is 5.19. The second kappa shape index (κ2) is 7.48. The van der Waals surface area contributed by atoms with Gasteiger partial charge in [0, 0.05) is 0 Å². The molecule has 0 bridgehead atoms. The lowest BCUT2D eigenvalue weighted by molar-refractivity contribution is -0.117. The number of aromatic nitrogens is 1. The fourth-order valence-electron chi connectivity index (χ4n) is 2.70. The van der Waals surface area contributed by atoms with Crippen LogP contribution in [0, 0.1) is 19.3 Å². The molecule has 0 aliphatic heterocycles. The summed E-state index contributed by atoms with van der Waals surface area (Å²) in [5.41, 5.74) is 2.65. The number of amides is 1. The van der Waals surface area contributed by atoms with Crippen molar-refractivity contribution >= 4 is 37.5 Å². The predicted molar refractivity (Wildman–Crippen MR) is 105 cm³/mol. The Bertz CT molecular complexity index is 1250. The van der Waals surface area contributed by atoms with Crippen LogP contribution < -0.4 is 9.94 Å². The molecule has 27 heavy (non-hydrogen) atoms. The van der Waals surface area contributed by atoms with Crippen LogP contribution >= 0.6 is 11.3 Å². The van der Waals surface area contributed by atoms with Gasteiger partial charge in [0.1, 0.15) is 0 Å². The zero-order chi connectivity index (χ0) is 19.6. The van der Waals surface area contributed by atoms with Crippen LogP contribution in [0.1, 0.15) is 11.1 Å². The average molecular weight is 399 g/mol. The average Bonchev–Trinajstić information content (AvgIpc) is 2.91. The molecular weight excluding hydrogens is 382 g/mol. The number of fused-ring (bicyclic) bond motifs is 1. The number of hydrogen-bond donors (Lipinski definition) is 1. The Kier molecular flexibility index (Phi) is 5.28. The zero-order valence-electron chi connectivity index (χ0n) is 14.5. The molecule has 2 aromatic carbocycles. The maximum atomic E-state index is 12.4. The van der Waals surface area contributed by atoms with Gasteiger partial charge in [-0.1, -0.05) is 47.1 Å². The van der Waals surface area contributed by atoms with Crippen molar-refractivity contribution in [2.45, 2.75) is 24.8 Å². The topological polar surface area (TPSA) is 94.5 Å². The van der Waals surface area contributed by atoms with Crippen LogP contribution in [-0.2, 0) is 27.8 Å². The van der Waals surface area contributed by atoms with E-state index in [1.54, 1.807) is 10.6 Å². The number of nitrogens with two attached hydrogens (primary N) is 1. The van der Waals surface area contributed by atoms with E-state index in [2.05, 4.69) is 10.9 Å². The summed E-state index contributed by atoms with van der Waals surface area (Å²) < 4.78 is 25.5. The minimum atomic E-state index is -3.82. The molecule has 0 aliphatic rings. The van der Waals surface area contributed by atoms with E-state index in [0.29, 0.717) is 15.0 Å². The Balaban J connectivity index is 2.06. The Hall–Kier alpha value is -2.73. The van der Waals surface area contributed by atoms with E-state index in [1.165, 1.54) is 23.5 Å².